The maximum absolute atomic E-state index is 10.8. The van der Waals surface area contributed by atoms with E-state index in [2.05, 4.69) is 15.9 Å². The molecule has 110 valence electrons. The van der Waals surface area contributed by atoms with E-state index < -0.39 is 4.92 Å². The lowest BCUT2D eigenvalue weighted by molar-refractivity contribution is -0.385. The SMILES string of the molecule is COc1ccc(C)cc1COc1cc([N+](=O)[O-])ccc1Br. The number of nitro groups is 1. The average molecular weight is 352 g/mol. The average Bonchev–Trinajstić information content (AvgIpc) is 2.46. The number of halogens is 1. The molecule has 0 aliphatic rings. The van der Waals surface area contributed by atoms with Gasteiger partial charge in [0.1, 0.15) is 18.1 Å². The van der Waals surface area contributed by atoms with Crippen molar-refractivity contribution >= 4 is 21.6 Å². The van der Waals surface area contributed by atoms with Gasteiger partial charge in [-0.05, 0) is 41.1 Å². The summed E-state index contributed by atoms with van der Waals surface area (Å²) < 4.78 is 11.6. The molecule has 0 bridgehead atoms. The summed E-state index contributed by atoms with van der Waals surface area (Å²) in [6.07, 6.45) is 0. The van der Waals surface area contributed by atoms with Gasteiger partial charge in [-0.25, -0.2) is 0 Å². The minimum Gasteiger partial charge on any atom is -0.496 e. The molecule has 0 amide bonds. The smallest absolute Gasteiger partial charge is 0.273 e. The Morgan fingerprint density at radius 1 is 1.19 bits per heavy atom. The Labute approximate surface area is 130 Å². The molecular weight excluding hydrogens is 338 g/mol. The van der Waals surface area contributed by atoms with Gasteiger partial charge in [0.25, 0.3) is 5.69 Å². The molecule has 0 heterocycles. The minimum absolute atomic E-state index is 0.00981. The number of rotatable bonds is 5. The highest BCUT2D eigenvalue weighted by Gasteiger charge is 2.11. The Bertz CT molecular complexity index is 673. The van der Waals surface area contributed by atoms with Crippen molar-refractivity contribution in [3.05, 3.63) is 62.1 Å². The van der Waals surface area contributed by atoms with Gasteiger partial charge in [0.05, 0.1) is 22.6 Å². The standard InChI is InChI=1S/C15H14BrNO4/c1-10-3-6-14(20-2)11(7-10)9-21-15-8-12(17(18)19)4-5-13(15)16/h3-8H,9H2,1-2H3. The molecule has 0 aromatic heterocycles. The first kappa shape index (κ1) is 15.3. The van der Waals surface area contributed by atoms with E-state index in [1.54, 1.807) is 13.2 Å². The summed E-state index contributed by atoms with van der Waals surface area (Å²) in [5.74, 6) is 1.15. The Morgan fingerprint density at radius 3 is 2.62 bits per heavy atom. The molecule has 5 nitrogen and oxygen atoms in total. The molecule has 0 aliphatic carbocycles. The van der Waals surface area contributed by atoms with Crippen molar-refractivity contribution < 1.29 is 14.4 Å². The highest BCUT2D eigenvalue weighted by atomic mass is 79.9. The van der Waals surface area contributed by atoms with E-state index in [-0.39, 0.29) is 12.3 Å². The number of hydrogen-bond acceptors (Lipinski definition) is 4. The summed E-state index contributed by atoms with van der Waals surface area (Å²) >= 11 is 3.32. The second-order valence-corrected chi connectivity index (χ2v) is 5.33. The number of hydrogen-bond donors (Lipinski definition) is 0. The summed E-state index contributed by atoms with van der Waals surface area (Å²) in [5.41, 5.74) is 1.97. The second-order valence-electron chi connectivity index (χ2n) is 4.48. The Morgan fingerprint density at radius 2 is 1.95 bits per heavy atom. The molecule has 0 spiro atoms. The van der Waals surface area contributed by atoms with Gasteiger partial charge in [-0.15, -0.1) is 0 Å². The summed E-state index contributed by atoms with van der Waals surface area (Å²) in [7, 11) is 1.59. The monoisotopic (exact) mass is 351 g/mol. The Hall–Kier alpha value is -2.08. The molecule has 0 atom stereocenters. The third-order valence-electron chi connectivity index (χ3n) is 2.94. The van der Waals surface area contributed by atoms with Crippen molar-refractivity contribution in [2.75, 3.05) is 7.11 Å². The van der Waals surface area contributed by atoms with E-state index in [1.165, 1.54) is 12.1 Å². The number of nitrogens with zero attached hydrogens (tertiary/aromatic N) is 1. The minimum atomic E-state index is -0.452. The van der Waals surface area contributed by atoms with Gasteiger partial charge in [-0.3, -0.25) is 10.1 Å². The molecule has 0 radical (unpaired) electrons. The van der Waals surface area contributed by atoms with E-state index in [0.717, 1.165) is 16.9 Å². The third-order valence-corrected chi connectivity index (χ3v) is 3.60. The first-order valence-electron chi connectivity index (χ1n) is 6.21. The largest absolute Gasteiger partial charge is 0.496 e. The van der Waals surface area contributed by atoms with E-state index in [4.69, 9.17) is 9.47 Å². The van der Waals surface area contributed by atoms with Crippen molar-refractivity contribution in [1.82, 2.24) is 0 Å². The van der Waals surface area contributed by atoms with Crippen LogP contribution in [0.4, 0.5) is 5.69 Å². The van der Waals surface area contributed by atoms with E-state index in [9.17, 15) is 10.1 Å². The predicted octanol–water partition coefficient (Wildman–Crippen LogP) is 4.25. The number of nitro benzene ring substituents is 1. The van der Waals surface area contributed by atoms with E-state index in [0.29, 0.717) is 10.2 Å². The molecule has 0 unspecified atom stereocenters. The highest BCUT2D eigenvalue weighted by molar-refractivity contribution is 9.10. The lowest BCUT2D eigenvalue weighted by Gasteiger charge is -2.12. The number of ether oxygens (including phenoxy) is 2. The zero-order valence-corrected chi connectivity index (χ0v) is 13.2. The van der Waals surface area contributed by atoms with Crippen LogP contribution in [0.25, 0.3) is 0 Å². The first-order valence-corrected chi connectivity index (χ1v) is 7.01. The molecule has 0 N–H and O–H groups in total. The van der Waals surface area contributed by atoms with Crippen LogP contribution in [0.3, 0.4) is 0 Å². The van der Waals surface area contributed by atoms with E-state index in [1.807, 2.05) is 25.1 Å². The lowest BCUT2D eigenvalue weighted by Crippen LogP contribution is -2.00. The zero-order chi connectivity index (χ0) is 15.4. The van der Waals surface area contributed by atoms with Gasteiger partial charge in [0.15, 0.2) is 0 Å². The Balaban J connectivity index is 2.22. The molecule has 21 heavy (non-hydrogen) atoms. The number of non-ortho nitro benzene ring substituents is 1. The second kappa shape index (κ2) is 6.58. The summed E-state index contributed by atoms with van der Waals surface area (Å²) in [4.78, 5) is 10.3. The molecule has 2 rings (SSSR count). The van der Waals surface area contributed by atoms with Crippen LogP contribution in [-0.2, 0) is 6.61 Å². The molecule has 2 aromatic carbocycles. The highest BCUT2D eigenvalue weighted by Crippen LogP contribution is 2.31. The van der Waals surface area contributed by atoms with Crippen LogP contribution < -0.4 is 9.47 Å². The van der Waals surface area contributed by atoms with Crippen molar-refractivity contribution in [1.29, 1.82) is 0 Å². The van der Waals surface area contributed by atoms with Gasteiger partial charge < -0.3 is 9.47 Å². The molecule has 0 saturated carbocycles. The van der Waals surface area contributed by atoms with Crippen LogP contribution in [0.2, 0.25) is 0 Å². The fourth-order valence-corrected chi connectivity index (χ4v) is 2.25. The molecular formula is C15H14BrNO4. The Kier molecular flexibility index (Phi) is 4.80. The summed E-state index contributed by atoms with van der Waals surface area (Å²) in [6, 6.07) is 10.2. The summed E-state index contributed by atoms with van der Waals surface area (Å²) in [5, 5.41) is 10.8. The molecule has 2 aromatic rings. The fraction of sp³-hybridized carbons (Fsp3) is 0.200. The number of methoxy groups -OCH3 is 1. The normalized spacial score (nSPS) is 10.2. The van der Waals surface area contributed by atoms with Crippen molar-refractivity contribution in [2.24, 2.45) is 0 Å². The molecule has 0 saturated heterocycles. The van der Waals surface area contributed by atoms with Crippen LogP contribution in [0.5, 0.6) is 11.5 Å². The molecule has 0 aliphatic heterocycles. The maximum atomic E-state index is 10.8. The van der Waals surface area contributed by atoms with Crippen molar-refractivity contribution in [3.8, 4) is 11.5 Å². The molecule has 6 heteroatoms. The lowest BCUT2D eigenvalue weighted by atomic mass is 10.1. The van der Waals surface area contributed by atoms with Gasteiger partial charge in [0.2, 0.25) is 0 Å². The van der Waals surface area contributed by atoms with Crippen LogP contribution in [-0.4, -0.2) is 12.0 Å². The van der Waals surface area contributed by atoms with Gasteiger partial charge in [-0.1, -0.05) is 11.6 Å². The maximum Gasteiger partial charge on any atom is 0.273 e. The van der Waals surface area contributed by atoms with Crippen molar-refractivity contribution in [3.63, 3.8) is 0 Å². The zero-order valence-electron chi connectivity index (χ0n) is 11.6. The third kappa shape index (κ3) is 3.72. The molecule has 0 fully saturated rings. The van der Waals surface area contributed by atoms with Gasteiger partial charge in [0, 0.05) is 11.6 Å². The van der Waals surface area contributed by atoms with Crippen LogP contribution in [0.1, 0.15) is 11.1 Å². The van der Waals surface area contributed by atoms with Gasteiger partial charge >= 0.3 is 0 Å². The van der Waals surface area contributed by atoms with Crippen LogP contribution in [0.15, 0.2) is 40.9 Å². The van der Waals surface area contributed by atoms with Gasteiger partial charge in [-0.2, -0.15) is 0 Å². The van der Waals surface area contributed by atoms with Crippen LogP contribution >= 0.6 is 15.9 Å². The number of aryl methyl sites for hydroxylation is 1. The predicted molar refractivity (Wildman–Crippen MR) is 82.9 cm³/mol. The van der Waals surface area contributed by atoms with E-state index >= 15 is 0 Å². The fourth-order valence-electron chi connectivity index (χ4n) is 1.89. The first-order chi connectivity index (χ1) is 10.0. The van der Waals surface area contributed by atoms with Crippen LogP contribution in [0, 0.1) is 17.0 Å². The topological polar surface area (TPSA) is 61.6 Å². The quantitative estimate of drug-likeness (QED) is 0.596. The number of benzene rings is 2. The van der Waals surface area contributed by atoms with Crippen molar-refractivity contribution in [2.45, 2.75) is 13.5 Å². The summed E-state index contributed by atoms with van der Waals surface area (Å²) in [6.45, 7) is 2.25.